The number of ether oxygens (including phenoxy) is 1. The lowest BCUT2D eigenvalue weighted by Gasteiger charge is -2.14. The normalized spacial score (nSPS) is 9.75. The van der Waals surface area contributed by atoms with Crippen molar-refractivity contribution in [2.24, 2.45) is 0 Å². The van der Waals surface area contributed by atoms with Crippen molar-refractivity contribution < 1.29 is 19.8 Å². The van der Waals surface area contributed by atoms with Gasteiger partial charge in [-0.1, -0.05) is 7.43 Å². The van der Waals surface area contributed by atoms with E-state index in [1.165, 1.54) is 36.8 Å². The van der Waals surface area contributed by atoms with Gasteiger partial charge >= 0.3 is 5.97 Å². The maximum absolute atomic E-state index is 11.5. The number of aromatic nitrogens is 2. The molecule has 7 nitrogen and oxygen atoms in total. The average Bonchev–Trinajstić information content (AvgIpc) is 2.99. The minimum atomic E-state index is -0.578. The highest BCUT2D eigenvalue weighted by Crippen LogP contribution is 2.24. The van der Waals surface area contributed by atoms with Crippen molar-refractivity contribution in [3.63, 3.8) is 0 Å². The summed E-state index contributed by atoms with van der Waals surface area (Å²) in [6.45, 7) is -0.358. The van der Waals surface area contributed by atoms with E-state index in [9.17, 15) is 10.0 Å². The van der Waals surface area contributed by atoms with Crippen LogP contribution in [0.15, 0.2) is 23.7 Å². The minimum absolute atomic E-state index is 0. The monoisotopic (exact) mass is 297 g/mol. The van der Waals surface area contributed by atoms with E-state index in [4.69, 9.17) is 5.11 Å². The van der Waals surface area contributed by atoms with Crippen molar-refractivity contribution in [2.75, 3.05) is 12.2 Å². The highest BCUT2D eigenvalue weighted by Gasteiger charge is 2.15. The summed E-state index contributed by atoms with van der Waals surface area (Å²) in [5.74, 6) is -0.493. The maximum atomic E-state index is 11.5. The zero-order chi connectivity index (χ0) is 13.8. The first-order valence-electron chi connectivity index (χ1n) is 5.24. The van der Waals surface area contributed by atoms with Crippen LogP contribution in [0.4, 0.5) is 10.9 Å². The van der Waals surface area contributed by atoms with E-state index in [1.54, 1.807) is 5.38 Å². The lowest BCUT2D eigenvalue weighted by molar-refractivity contribution is 0.0600. The SMILES string of the molecule is C.COC(=O)c1cc(CO)nc(N(O)c2nccs2)c1. The fourth-order valence-electron chi connectivity index (χ4n) is 1.42. The molecule has 0 aliphatic rings. The Hall–Kier alpha value is -2.03. The molecule has 0 spiro atoms. The molecule has 0 bridgehead atoms. The first-order valence-corrected chi connectivity index (χ1v) is 6.12. The van der Waals surface area contributed by atoms with Crippen molar-refractivity contribution in [2.45, 2.75) is 14.0 Å². The first-order chi connectivity index (χ1) is 9.15. The number of methoxy groups -OCH3 is 1. The Labute approximate surface area is 120 Å². The smallest absolute Gasteiger partial charge is 0.338 e. The van der Waals surface area contributed by atoms with Crippen LogP contribution in [0.2, 0.25) is 0 Å². The zero-order valence-corrected chi connectivity index (χ0v) is 10.8. The topological polar surface area (TPSA) is 95.8 Å². The van der Waals surface area contributed by atoms with E-state index >= 15 is 0 Å². The molecule has 2 heterocycles. The van der Waals surface area contributed by atoms with E-state index in [-0.39, 0.29) is 31.1 Å². The van der Waals surface area contributed by atoms with Crippen LogP contribution in [0.3, 0.4) is 0 Å². The summed E-state index contributed by atoms with van der Waals surface area (Å²) < 4.78 is 4.60. The van der Waals surface area contributed by atoms with Gasteiger partial charge in [0, 0.05) is 11.6 Å². The zero-order valence-electron chi connectivity index (χ0n) is 9.98. The lowest BCUT2D eigenvalue weighted by atomic mass is 10.2. The Morgan fingerprint density at radius 3 is 2.80 bits per heavy atom. The van der Waals surface area contributed by atoms with Crippen molar-refractivity contribution in [3.8, 4) is 0 Å². The van der Waals surface area contributed by atoms with Crippen LogP contribution < -0.4 is 5.06 Å². The van der Waals surface area contributed by atoms with Crippen LogP contribution in [0, 0.1) is 0 Å². The molecule has 2 aromatic rings. The molecule has 20 heavy (non-hydrogen) atoms. The predicted molar refractivity (Wildman–Crippen MR) is 74.3 cm³/mol. The van der Waals surface area contributed by atoms with Crippen molar-refractivity contribution in [3.05, 3.63) is 35.0 Å². The molecule has 0 saturated carbocycles. The van der Waals surface area contributed by atoms with Gasteiger partial charge < -0.3 is 9.84 Å². The third-order valence-corrected chi connectivity index (χ3v) is 3.01. The molecule has 0 fully saturated rings. The van der Waals surface area contributed by atoms with Crippen molar-refractivity contribution >= 4 is 28.3 Å². The molecule has 2 aromatic heterocycles. The average molecular weight is 297 g/mol. The molecule has 2 N–H and O–H groups in total. The van der Waals surface area contributed by atoms with Gasteiger partial charge in [-0.15, -0.1) is 11.3 Å². The number of rotatable bonds is 4. The second-order valence-electron chi connectivity index (χ2n) is 3.48. The van der Waals surface area contributed by atoms with Crippen LogP contribution in [0.1, 0.15) is 23.5 Å². The molecule has 0 radical (unpaired) electrons. The molecule has 0 atom stereocenters. The van der Waals surface area contributed by atoms with Gasteiger partial charge in [-0.3, -0.25) is 5.21 Å². The van der Waals surface area contributed by atoms with Gasteiger partial charge in [-0.2, -0.15) is 5.06 Å². The van der Waals surface area contributed by atoms with E-state index in [0.29, 0.717) is 5.13 Å². The number of pyridine rings is 1. The minimum Gasteiger partial charge on any atom is -0.465 e. The third kappa shape index (κ3) is 3.29. The summed E-state index contributed by atoms with van der Waals surface area (Å²) >= 11 is 1.21. The highest BCUT2D eigenvalue weighted by molar-refractivity contribution is 7.13. The fourth-order valence-corrected chi connectivity index (χ4v) is 1.97. The Balaban J connectivity index is 0.00000200. The second kappa shape index (κ2) is 6.94. The standard InChI is InChI=1S/C11H11N3O4S.CH4/c1-18-10(16)7-4-8(6-15)13-9(5-7)14(17)11-12-2-3-19-11;/h2-5,15,17H,6H2,1H3;1H4. The Bertz CT molecular complexity index is 574. The molecular formula is C12H15N3O4S. The van der Waals surface area contributed by atoms with Crippen molar-refractivity contribution in [1.29, 1.82) is 0 Å². The van der Waals surface area contributed by atoms with E-state index in [1.807, 2.05) is 0 Å². The predicted octanol–water partition coefficient (Wildman–Crippen LogP) is 1.98. The van der Waals surface area contributed by atoms with E-state index in [2.05, 4.69) is 14.7 Å². The van der Waals surface area contributed by atoms with Crippen LogP contribution in [-0.4, -0.2) is 33.4 Å². The molecule has 2 rings (SSSR count). The molecule has 0 amide bonds. The molecular weight excluding hydrogens is 282 g/mol. The van der Waals surface area contributed by atoms with Gasteiger partial charge in [0.1, 0.15) is 0 Å². The Morgan fingerprint density at radius 1 is 1.50 bits per heavy atom. The lowest BCUT2D eigenvalue weighted by Crippen LogP contribution is -2.14. The third-order valence-electron chi connectivity index (χ3n) is 2.27. The second-order valence-corrected chi connectivity index (χ2v) is 4.35. The quantitative estimate of drug-likeness (QED) is 0.658. The van der Waals surface area contributed by atoms with E-state index in [0.717, 1.165) is 5.06 Å². The maximum Gasteiger partial charge on any atom is 0.338 e. The van der Waals surface area contributed by atoms with Crippen LogP contribution in [0.5, 0.6) is 0 Å². The van der Waals surface area contributed by atoms with Gasteiger partial charge in [-0.05, 0) is 12.1 Å². The number of anilines is 2. The van der Waals surface area contributed by atoms with Gasteiger partial charge in [0.15, 0.2) is 5.82 Å². The van der Waals surface area contributed by atoms with Crippen LogP contribution in [-0.2, 0) is 11.3 Å². The number of thiazole rings is 1. The summed E-state index contributed by atoms with van der Waals surface area (Å²) in [6.07, 6.45) is 1.53. The first kappa shape index (κ1) is 16.0. The van der Waals surface area contributed by atoms with Gasteiger partial charge in [0.2, 0.25) is 5.13 Å². The van der Waals surface area contributed by atoms with E-state index < -0.39 is 5.97 Å². The van der Waals surface area contributed by atoms with Crippen molar-refractivity contribution in [1.82, 2.24) is 9.97 Å². The summed E-state index contributed by atoms with van der Waals surface area (Å²) in [6, 6.07) is 2.75. The fraction of sp³-hybridized carbons (Fsp3) is 0.250. The Kier molecular flexibility index (Phi) is 5.56. The number of esters is 1. The number of hydrogen-bond donors (Lipinski definition) is 2. The summed E-state index contributed by atoms with van der Waals surface area (Å²) in [5.41, 5.74) is 0.431. The van der Waals surface area contributed by atoms with Crippen LogP contribution in [0.25, 0.3) is 0 Å². The van der Waals surface area contributed by atoms with Gasteiger partial charge in [0.05, 0.1) is 25.0 Å². The highest BCUT2D eigenvalue weighted by atomic mass is 32.1. The molecule has 0 saturated heterocycles. The number of nitrogens with zero attached hydrogens (tertiary/aromatic N) is 3. The summed E-state index contributed by atoms with van der Waals surface area (Å²) in [4.78, 5) is 19.4. The summed E-state index contributed by atoms with van der Waals surface area (Å²) in [5, 5.41) is 21.8. The number of hydrogen-bond acceptors (Lipinski definition) is 8. The Morgan fingerprint density at radius 2 is 2.25 bits per heavy atom. The number of aliphatic hydroxyl groups is 1. The molecule has 0 aliphatic heterocycles. The number of carbonyl (C=O) groups excluding carboxylic acids is 1. The molecule has 108 valence electrons. The molecule has 0 aliphatic carbocycles. The van der Waals surface area contributed by atoms with Crippen LogP contribution >= 0.6 is 11.3 Å². The molecule has 0 unspecified atom stereocenters. The number of aliphatic hydroxyl groups excluding tert-OH is 1. The van der Waals surface area contributed by atoms with Gasteiger partial charge in [0.25, 0.3) is 0 Å². The van der Waals surface area contributed by atoms with Gasteiger partial charge in [-0.25, -0.2) is 14.8 Å². The largest absolute Gasteiger partial charge is 0.465 e. The molecule has 0 aromatic carbocycles. The molecule has 8 heteroatoms. The summed E-state index contributed by atoms with van der Waals surface area (Å²) in [7, 11) is 1.25. The number of carbonyl (C=O) groups is 1.